The van der Waals surface area contributed by atoms with Gasteiger partial charge in [0.2, 0.25) is 0 Å². The van der Waals surface area contributed by atoms with E-state index in [9.17, 15) is 0 Å². The Hall–Kier alpha value is 0.0649. The van der Waals surface area contributed by atoms with Gasteiger partial charge in [0.15, 0.2) is 0 Å². The zero-order chi connectivity index (χ0) is 8.70. The molecule has 1 rings (SSSR count). The van der Waals surface area contributed by atoms with Crippen molar-refractivity contribution >= 4 is 7.85 Å². The molecule has 0 amide bonds. The van der Waals surface area contributed by atoms with Gasteiger partial charge in [0.25, 0.3) is 0 Å². The van der Waals surface area contributed by atoms with Gasteiger partial charge in [-0.2, -0.15) is 0 Å². The molecule has 2 atom stereocenters. The standard InChI is InChI=1S/C10H19B/c1-8-9(2,3)6-5-7-10(8,4)11/h8H,5-7H2,1-4H3. The summed E-state index contributed by atoms with van der Waals surface area (Å²) in [5.41, 5.74) is 0.446. The van der Waals surface area contributed by atoms with Crippen LogP contribution in [-0.2, 0) is 0 Å². The number of rotatable bonds is 0. The van der Waals surface area contributed by atoms with Crippen molar-refractivity contribution in [2.24, 2.45) is 11.3 Å². The van der Waals surface area contributed by atoms with Crippen LogP contribution >= 0.6 is 0 Å². The fraction of sp³-hybridized carbons (Fsp3) is 1.00. The van der Waals surface area contributed by atoms with Crippen LogP contribution in [-0.4, -0.2) is 7.85 Å². The molecule has 0 aromatic carbocycles. The maximum Gasteiger partial charge on any atom is 0.0746 e. The predicted molar refractivity (Wildman–Crippen MR) is 50.9 cm³/mol. The first-order valence-electron chi connectivity index (χ1n) is 4.65. The van der Waals surface area contributed by atoms with E-state index in [2.05, 4.69) is 27.7 Å². The molecular weight excluding hydrogens is 131 g/mol. The van der Waals surface area contributed by atoms with E-state index in [1.54, 1.807) is 0 Å². The van der Waals surface area contributed by atoms with Crippen molar-refractivity contribution in [3.8, 4) is 0 Å². The molecule has 1 heteroatoms. The van der Waals surface area contributed by atoms with Crippen LogP contribution in [0.3, 0.4) is 0 Å². The summed E-state index contributed by atoms with van der Waals surface area (Å²) in [6.07, 6.45) is 3.82. The summed E-state index contributed by atoms with van der Waals surface area (Å²) in [4.78, 5) is 0. The van der Waals surface area contributed by atoms with E-state index in [0.29, 0.717) is 11.3 Å². The Morgan fingerprint density at radius 3 is 2.09 bits per heavy atom. The molecule has 2 unspecified atom stereocenters. The van der Waals surface area contributed by atoms with Gasteiger partial charge in [0.1, 0.15) is 0 Å². The molecule has 62 valence electrons. The van der Waals surface area contributed by atoms with Crippen LogP contribution in [0.15, 0.2) is 0 Å². The van der Waals surface area contributed by atoms with Gasteiger partial charge in [-0.1, -0.05) is 45.9 Å². The van der Waals surface area contributed by atoms with Gasteiger partial charge >= 0.3 is 0 Å². The maximum absolute atomic E-state index is 6.20. The largest absolute Gasteiger partial charge is 0.0746 e. The first kappa shape index (κ1) is 9.16. The third kappa shape index (κ3) is 1.63. The third-order valence-corrected chi connectivity index (χ3v) is 3.70. The molecule has 0 N–H and O–H groups in total. The fourth-order valence-electron chi connectivity index (χ4n) is 2.25. The zero-order valence-corrected chi connectivity index (χ0v) is 8.28. The van der Waals surface area contributed by atoms with E-state index in [1.807, 2.05) is 0 Å². The highest BCUT2D eigenvalue weighted by Gasteiger charge is 2.39. The normalized spacial score (nSPS) is 43.8. The number of hydrogen-bond donors (Lipinski definition) is 0. The smallest absolute Gasteiger partial charge is 0.0674 e. The second-order valence-electron chi connectivity index (χ2n) is 5.07. The van der Waals surface area contributed by atoms with Gasteiger partial charge < -0.3 is 0 Å². The average Bonchev–Trinajstić information content (AvgIpc) is 1.82. The Kier molecular flexibility index (Phi) is 2.11. The molecule has 1 aliphatic rings. The molecule has 1 saturated carbocycles. The monoisotopic (exact) mass is 150 g/mol. The highest BCUT2D eigenvalue weighted by atomic mass is 14.4. The second-order valence-corrected chi connectivity index (χ2v) is 5.07. The SMILES string of the molecule is [B]C1(C)CCCC(C)(C)C1C. The summed E-state index contributed by atoms with van der Waals surface area (Å²) < 4.78 is 0. The lowest BCUT2D eigenvalue weighted by Crippen LogP contribution is -2.36. The van der Waals surface area contributed by atoms with Gasteiger partial charge in [-0.15, -0.1) is 0 Å². The molecule has 2 radical (unpaired) electrons. The van der Waals surface area contributed by atoms with Gasteiger partial charge in [0.05, 0.1) is 7.85 Å². The Labute approximate surface area is 72.2 Å². The van der Waals surface area contributed by atoms with Crippen LogP contribution < -0.4 is 0 Å². The zero-order valence-electron chi connectivity index (χ0n) is 8.28. The van der Waals surface area contributed by atoms with Crippen molar-refractivity contribution in [3.63, 3.8) is 0 Å². The quantitative estimate of drug-likeness (QED) is 0.465. The summed E-state index contributed by atoms with van der Waals surface area (Å²) in [7, 11) is 6.20. The van der Waals surface area contributed by atoms with Crippen LogP contribution in [0.1, 0.15) is 47.0 Å². The van der Waals surface area contributed by atoms with Gasteiger partial charge in [-0.25, -0.2) is 0 Å². The van der Waals surface area contributed by atoms with Crippen molar-refractivity contribution in [1.29, 1.82) is 0 Å². The summed E-state index contributed by atoms with van der Waals surface area (Å²) in [6.45, 7) is 9.15. The Morgan fingerprint density at radius 2 is 1.73 bits per heavy atom. The van der Waals surface area contributed by atoms with E-state index in [4.69, 9.17) is 7.85 Å². The molecule has 0 spiro atoms. The van der Waals surface area contributed by atoms with Crippen LogP contribution in [0.4, 0.5) is 0 Å². The van der Waals surface area contributed by atoms with Gasteiger partial charge in [-0.05, 0) is 17.8 Å². The molecule has 0 heterocycles. The van der Waals surface area contributed by atoms with Crippen LogP contribution in [0.2, 0.25) is 5.31 Å². The minimum Gasteiger partial charge on any atom is -0.0674 e. The van der Waals surface area contributed by atoms with E-state index in [-0.39, 0.29) is 5.31 Å². The third-order valence-electron chi connectivity index (χ3n) is 3.70. The van der Waals surface area contributed by atoms with E-state index >= 15 is 0 Å². The lowest BCUT2D eigenvalue weighted by atomic mass is 9.49. The van der Waals surface area contributed by atoms with Gasteiger partial charge in [-0.3, -0.25) is 0 Å². The lowest BCUT2D eigenvalue weighted by Gasteiger charge is -2.48. The fourth-order valence-corrected chi connectivity index (χ4v) is 2.25. The molecule has 0 aliphatic heterocycles. The Balaban J connectivity index is 2.76. The van der Waals surface area contributed by atoms with Crippen molar-refractivity contribution in [2.45, 2.75) is 52.3 Å². The van der Waals surface area contributed by atoms with Crippen LogP contribution in [0.25, 0.3) is 0 Å². The van der Waals surface area contributed by atoms with E-state index in [1.165, 1.54) is 19.3 Å². The minimum atomic E-state index is 0.0712. The molecule has 11 heavy (non-hydrogen) atoms. The first-order chi connectivity index (χ1) is 4.86. The summed E-state index contributed by atoms with van der Waals surface area (Å²) in [6, 6.07) is 0. The lowest BCUT2D eigenvalue weighted by molar-refractivity contribution is 0.111. The highest BCUT2D eigenvalue weighted by Crippen LogP contribution is 2.53. The highest BCUT2D eigenvalue weighted by molar-refractivity contribution is 6.15. The van der Waals surface area contributed by atoms with Crippen molar-refractivity contribution in [1.82, 2.24) is 0 Å². The van der Waals surface area contributed by atoms with Crippen LogP contribution in [0.5, 0.6) is 0 Å². The molecule has 0 aromatic rings. The Bertz CT molecular complexity index is 131. The summed E-state index contributed by atoms with van der Waals surface area (Å²) in [5.74, 6) is 0.642. The molecular formula is C10H19B. The van der Waals surface area contributed by atoms with Crippen LogP contribution in [0, 0.1) is 11.3 Å². The maximum atomic E-state index is 6.20. The van der Waals surface area contributed by atoms with Crippen molar-refractivity contribution in [2.75, 3.05) is 0 Å². The predicted octanol–water partition coefficient (Wildman–Crippen LogP) is 3.18. The topological polar surface area (TPSA) is 0 Å². The minimum absolute atomic E-state index is 0.0712. The molecule has 0 bridgehead atoms. The summed E-state index contributed by atoms with van der Waals surface area (Å²) >= 11 is 0. The summed E-state index contributed by atoms with van der Waals surface area (Å²) in [5, 5.41) is 0.0712. The molecule has 0 aromatic heterocycles. The Morgan fingerprint density at radius 1 is 1.18 bits per heavy atom. The second kappa shape index (κ2) is 2.53. The molecule has 1 fully saturated rings. The average molecular weight is 150 g/mol. The molecule has 0 saturated heterocycles. The van der Waals surface area contributed by atoms with E-state index < -0.39 is 0 Å². The molecule has 0 nitrogen and oxygen atoms in total. The van der Waals surface area contributed by atoms with E-state index in [0.717, 1.165) is 0 Å². The van der Waals surface area contributed by atoms with Crippen molar-refractivity contribution in [3.05, 3.63) is 0 Å². The van der Waals surface area contributed by atoms with Gasteiger partial charge in [0, 0.05) is 0 Å². The molecule has 1 aliphatic carbocycles. The first-order valence-corrected chi connectivity index (χ1v) is 4.65. The van der Waals surface area contributed by atoms with Crippen molar-refractivity contribution < 1.29 is 0 Å². The number of hydrogen-bond acceptors (Lipinski definition) is 0.